The zero-order chi connectivity index (χ0) is 9.28. The average molecular weight is 366 g/mol. The molecule has 0 unspecified atom stereocenters. The third-order valence-electron chi connectivity index (χ3n) is 1.52. The van der Waals surface area contributed by atoms with Crippen LogP contribution in [0.4, 0.5) is 0 Å². The van der Waals surface area contributed by atoms with Crippen molar-refractivity contribution in [2.45, 2.75) is 33.1 Å². The van der Waals surface area contributed by atoms with Crippen molar-refractivity contribution >= 4 is 32.1 Å². The standard InChI is InChI=1S/C4H9N2Si.3CH3.Pb/c1-7(2,3)4-6-5;;;;/h1-3H3;3*1H3;. The van der Waals surface area contributed by atoms with Gasteiger partial charge < -0.3 is 0 Å². The zero-order valence-corrected chi connectivity index (χ0v) is 13.3. The molecule has 0 heterocycles. The van der Waals surface area contributed by atoms with Crippen molar-refractivity contribution < 1.29 is 4.79 Å². The predicted molar refractivity (Wildman–Crippen MR) is 55.3 cm³/mol. The second-order valence-corrected chi connectivity index (χ2v) is 31.2. The van der Waals surface area contributed by atoms with E-state index in [0.29, 0.717) is 0 Å². The molecule has 0 aromatic carbocycles. The molecular weight excluding hydrogens is 347 g/mol. The molecule has 0 N–H and O–H groups in total. The molecule has 0 atom stereocenters. The molecule has 0 aliphatic heterocycles. The Morgan fingerprint density at radius 1 is 1.18 bits per heavy atom. The van der Waals surface area contributed by atoms with Gasteiger partial charge >= 0.3 is 75.6 Å². The van der Waals surface area contributed by atoms with Gasteiger partial charge in [-0.3, -0.25) is 0 Å². The number of hydrogen-bond donors (Lipinski definition) is 0. The van der Waals surface area contributed by atoms with Crippen LogP contribution in [0.5, 0.6) is 0 Å². The molecule has 0 aromatic rings. The number of nitrogens with zero attached hydrogens (tertiary/aromatic N) is 2. The van der Waals surface area contributed by atoms with Gasteiger partial charge in [0, 0.05) is 0 Å². The van der Waals surface area contributed by atoms with Gasteiger partial charge in [0.05, 0.1) is 0 Å². The van der Waals surface area contributed by atoms with Gasteiger partial charge in [-0.15, -0.1) is 0 Å². The van der Waals surface area contributed by atoms with Crippen molar-refractivity contribution in [3.63, 3.8) is 0 Å². The van der Waals surface area contributed by atoms with E-state index in [4.69, 9.17) is 5.53 Å². The normalized spacial score (nSPS) is 12.5. The Balaban J connectivity index is 4.90. The van der Waals surface area contributed by atoms with Gasteiger partial charge in [-0.1, -0.05) is 0 Å². The van der Waals surface area contributed by atoms with Crippen molar-refractivity contribution in [3.05, 3.63) is 5.53 Å². The fraction of sp³-hybridized carbons (Fsp3) is 0.857. The first-order chi connectivity index (χ1) is 4.69. The van der Waals surface area contributed by atoms with Crippen LogP contribution in [0, 0.1) is 0 Å². The van der Waals surface area contributed by atoms with Gasteiger partial charge in [-0.05, 0) is 0 Å². The summed E-state index contributed by atoms with van der Waals surface area (Å²) < 4.78 is 8.12. The van der Waals surface area contributed by atoms with Crippen LogP contribution < -0.4 is 0 Å². The van der Waals surface area contributed by atoms with Gasteiger partial charge in [0.15, 0.2) is 0 Å². The summed E-state index contributed by atoms with van der Waals surface area (Å²) in [7, 11) is -1.32. The Bertz CT molecular complexity index is 177. The van der Waals surface area contributed by atoms with Crippen LogP contribution in [0.15, 0.2) is 0 Å². The molecule has 0 amide bonds. The summed E-state index contributed by atoms with van der Waals surface area (Å²) in [5.74, 6) is 0. The van der Waals surface area contributed by atoms with E-state index in [9.17, 15) is 0 Å². The molecule has 0 saturated heterocycles. The molecule has 0 aliphatic carbocycles. The van der Waals surface area contributed by atoms with E-state index in [1.54, 1.807) is 0 Å². The van der Waals surface area contributed by atoms with Crippen LogP contribution in [0.1, 0.15) is 0 Å². The molecule has 0 aliphatic rings. The van der Waals surface area contributed by atoms with Crippen molar-refractivity contribution in [1.82, 2.24) is 0 Å². The summed E-state index contributed by atoms with van der Waals surface area (Å²) in [5.41, 5.74) is 8.88. The van der Waals surface area contributed by atoms with E-state index in [-0.39, 0.29) is 0 Å². The van der Waals surface area contributed by atoms with E-state index >= 15 is 0 Å². The van der Waals surface area contributed by atoms with Gasteiger partial charge in [-0.25, -0.2) is 0 Å². The zero-order valence-electron chi connectivity index (χ0n) is 8.39. The van der Waals surface area contributed by atoms with Crippen LogP contribution in [0.3, 0.4) is 0 Å². The summed E-state index contributed by atoms with van der Waals surface area (Å²) in [6, 6.07) is 0. The Labute approximate surface area is 75.3 Å². The molecule has 0 aromatic heterocycles. The monoisotopic (exact) mass is 366 g/mol. The molecule has 0 fully saturated rings. The van der Waals surface area contributed by atoms with E-state index in [0.717, 1.165) is 0 Å². The summed E-state index contributed by atoms with van der Waals surface area (Å²) in [6.07, 6.45) is 0. The van der Waals surface area contributed by atoms with Crippen molar-refractivity contribution in [2.75, 3.05) is 0 Å². The van der Waals surface area contributed by atoms with Gasteiger partial charge in [0.2, 0.25) is 0 Å². The summed E-state index contributed by atoms with van der Waals surface area (Å²) in [4.78, 5) is 3.51. The van der Waals surface area contributed by atoms with E-state index in [2.05, 4.69) is 37.9 Å². The van der Waals surface area contributed by atoms with Crippen LogP contribution in [-0.2, 0) is 0 Å². The van der Waals surface area contributed by atoms with Crippen molar-refractivity contribution in [1.29, 1.82) is 0 Å². The third kappa shape index (κ3) is 3.62. The van der Waals surface area contributed by atoms with Gasteiger partial charge in [-0.2, -0.15) is 0 Å². The molecule has 2 nitrogen and oxygen atoms in total. The van der Waals surface area contributed by atoms with Crippen LogP contribution >= 0.6 is 0 Å². The van der Waals surface area contributed by atoms with Crippen molar-refractivity contribution in [2.24, 2.45) is 0 Å². The minimum absolute atomic E-state index is 1.20. The molecule has 0 saturated carbocycles. The molecule has 0 radical (unpaired) electrons. The summed E-state index contributed by atoms with van der Waals surface area (Å²) in [5, 5.41) is 0. The Kier molecular flexibility index (Phi) is 3.66. The minimum atomic E-state index is -2.18. The maximum atomic E-state index is 8.88. The van der Waals surface area contributed by atoms with E-state index in [1.807, 2.05) is 0 Å². The van der Waals surface area contributed by atoms with Crippen molar-refractivity contribution in [3.8, 4) is 0 Å². The number of rotatable bonds is 2. The van der Waals surface area contributed by atoms with Crippen LogP contribution in [-0.4, -0.2) is 36.9 Å². The molecule has 0 rings (SSSR count). The van der Waals surface area contributed by atoms with Crippen LogP contribution in [0.2, 0.25) is 33.1 Å². The topological polar surface area (TPSA) is 36.4 Å². The molecular formula is C7H18N2PbSi. The average Bonchev–Trinajstić information content (AvgIpc) is 1.56. The van der Waals surface area contributed by atoms with Crippen LogP contribution in [0.25, 0.3) is 5.53 Å². The molecule has 0 spiro atoms. The van der Waals surface area contributed by atoms with Gasteiger partial charge in [0.25, 0.3) is 0 Å². The summed E-state index contributed by atoms with van der Waals surface area (Å²) >= 11 is -2.18. The number of hydrogen-bond acceptors (Lipinski definition) is 0. The fourth-order valence-corrected chi connectivity index (χ4v) is 31.4. The van der Waals surface area contributed by atoms with Gasteiger partial charge in [0.1, 0.15) is 0 Å². The predicted octanol–water partition coefficient (Wildman–Crippen LogP) is 2.41. The molecule has 4 heteroatoms. The Morgan fingerprint density at radius 2 is 1.55 bits per heavy atom. The first-order valence-corrected chi connectivity index (χ1v) is 21.0. The second kappa shape index (κ2) is 3.49. The maximum absolute atomic E-state index is 8.88. The first-order valence-electron chi connectivity index (χ1n) is 3.92. The molecule has 0 bridgehead atoms. The fourth-order valence-electron chi connectivity index (χ4n) is 1.43. The summed E-state index contributed by atoms with van der Waals surface area (Å²) in [6.45, 7) is 6.73. The van der Waals surface area contributed by atoms with E-state index in [1.165, 1.54) is 2.89 Å². The Hall–Kier alpha value is 0.519. The third-order valence-corrected chi connectivity index (χ3v) is 24.3. The first kappa shape index (κ1) is 11.5. The quantitative estimate of drug-likeness (QED) is 0.312. The van der Waals surface area contributed by atoms with E-state index < -0.39 is 29.2 Å². The molecule has 64 valence electrons. The second-order valence-electron chi connectivity index (χ2n) is 4.95. The Morgan fingerprint density at radius 3 is 1.55 bits per heavy atom. The SMILES string of the molecule is C[Si](C)(C)[C](=[N+]=[N-])[Pb]([CH3])([CH3])[CH3]. The molecule has 11 heavy (non-hydrogen) atoms.